The Labute approximate surface area is 206 Å². The van der Waals surface area contributed by atoms with Crippen LogP contribution in [-0.4, -0.2) is 45.6 Å². The fourth-order valence-electron chi connectivity index (χ4n) is 5.00. The van der Waals surface area contributed by atoms with Crippen LogP contribution in [0.4, 0.5) is 16.0 Å². The number of aromatic nitrogens is 4. The number of anilines is 2. The largest absolute Gasteiger partial charge is 0.363 e. The van der Waals surface area contributed by atoms with Crippen molar-refractivity contribution >= 4 is 17.7 Å². The van der Waals surface area contributed by atoms with Crippen molar-refractivity contribution in [2.45, 2.75) is 44.8 Å². The average Bonchev–Trinajstić information content (AvgIpc) is 2.88. The minimum atomic E-state index is -1.49. The van der Waals surface area contributed by atoms with Crippen LogP contribution in [-0.2, 0) is 5.67 Å². The Hall–Kier alpha value is -3.61. The fourth-order valence-corrected chi connectivity index (χ4v) is 5.00. The maximum atomic E-state index is 14.7. The minimum Gasteiger partial charge on any atom is -0.363 e. The van der Waals surface area contributed by atoms with Crippen molar-refractivity contribution in [3.63, 3.8) is 0 Å². The molecule has 0 bridgehead atoms. The molecule has 1 fully saturated rings. The van der Waals surface area contributed by atoms with Gasteiger partial charge >= 0.3 is 0 Å². The van der Waals surface area contributed by atoms with E-state index in [1.54, 1.807) is 25.4 Å². The third kappa shape index (κ3) is 4.67. The highest BCUT2D eigenvalue weighted by Gasteiger charge is 2.29. The van der Waals surface area contributed by atoms with Gasteiger partial charge in [-0.3, -0.25) is 9.97 Å². The van der Waals surface area contributed by atoms with Crippen LogP contribution in [0.3, 0.4) is 0 Å². The van der Waals surface area contributed by atoms with Crippen LogP contribution < -0.4 is 9.80 Å². The van der Waals surface area contributed by atoms with Crippen molar-refractivity contribution in [3.05, 3.63) is 78.5 Å². The molecular formula is C28H31FN6. The molecule has 1 atom stereocenters. The molecule has 2 aliphatic heterocycles. The van der Waals surface area contributed by atoms with E-state index in [9.17, 15) is 4.39 Å². The van der Waals surface area contributed by atoms with Gasteiger partial charge in [0.15, 0.2) is 0 Å². The molecule has 0 radical (unpaired) electrons. The lowest BCUT2D eigenvalue weighted by Crippen LogP contribution is -2.46. The van der Waals surface area contributed by atoms with E-state index >= 15 is 0 Å². The smallest absolute Gasteiger partial charge is 0.225 e. The molecule has 0 spiro atoms. The molecule has 3 aromatic rings. The van der Waals surface area contributed by atoms with Crippen molar-refractivity contribution in [2.75, 3.05) is 29.4 Å². The van der Waals surface area contributed by atoms with Crippen molar-refractivity contribution in [3.8, 4) is 11.3 Å². The van der Waals surface area contributed by atoms with Crippen molar-refractivity contribution in [1.82, 2.24) is 19.9 Å². The average molecular weight is 471 g/mol. The van der Waals surface area contributed by atoms with Gasteiger partial charge in [0.25, 0.3) is 0 Å². The topological polar surface area (TPSA) is 58.0 Å². The van der Waals surface area contributed by atoms with Crippen LogP contribution in [0.2, 0.25) is 0 Å². The zero-order valence-electron chi connectivity index (χ0n) is 20.4. The zero-order chi connectivity index (χ0) is 24.4. The second kappa shape index (κ2) is 9.56. The molecule has 5 heterocycles. The van der Waals surface area contributed by atoms with E-state index in [2.05, 4.69) is 55.6 Å². The molecular weight excluding hydrogens is 439 g/mol. The van der Waals surface area contributed by atoms with Crippen LogP contribution in [0.1, 0.15) is 43.0 Å². The van der Waals surface area contributed by atoms with Gasteiger partial charge in [-0.15, -0.1) is 6.58 Å². The molecule has 0 aromatic carbocycles. The number of allylic oxidation sites excluding steroid dienone is 1. The van der Waals surface area contributed by atoms with Gasteiger partial charge in [-0.1, -0.05) is 18.2 Å². The first-order chi connectivity index (χ1) is 17.0. The lowest BCUT2D eigenvalue weighted by atomic mass is 9.97. The van der Waals surface area contributed by atoms with Crippen LogP contribution in [0.25, 0.3) is 17.3 Å². The van der Waals surface area contributed by atoms with E-state index in [0.717, 1.165) is 49.4 Å². The molecule has 35 heavy (non-hydrogen) atoms. The third-order valence-electron chi connectivity index (χ3n) is 7.06. The molecule has 6 nitrogen and oxygen atoms in total. The molecule has 5 rings (SSSR count). The fraction of sp³-hybridized carbons (Fsp3) is 0.357. The lowest BCUT2D eigenvalue weighted by Gasteiger charge is -2.41. The first-order valence-corrected chi connectivity index (χ1v) is 12.2. The van der Waals surface area contributed by atoms with Gasteiger partial charge in [-0.2, -0.15) is 0 Å². The summed E-state index contributed by atoms with van der Waals surface area (Å²) >= 11 is 0. The predicted octanol–water partition coefficient (Wildman–Crippen LogP) is 5.51. The number of alkyl halides is 1. The summed E-state index contributed by atoms with van der Waals surface area (Å²) in [5.74, 6) is 0.665. The molecule has 2 aliphatic rings. The number of piperidine rings is 1. The van der Waals surface area contributed by atoms with Crippen molar-refractivity contribution < 1.29 is 4.39 Å². The van der Waals surface area contributed by atoms with Crippen molar-refractivity contribution in [1.29, 1.82) is 0 Å². The van der Waals surface area contributed by atoms with Crippen LogP contribution in [0, 0.1) is 6.92 Å². The number of aryl methyl sites for hydroxylation is 1. The van der Waals surface area contributed by atoms with E-state index < -0.39 is 5.67 Å². The van der Waals surface area contributed by atoms with E-state index in [0.29, 0.717) is 17.6 Å². The lowest BCUT2D eigenvalue weighted by molar-refractivity contribution is 0.195. The summed E-state index contributed by atoms with van der Waals surface area (Å²) in [5, 5.41) is 0. The highest BCUT2D eigenvalue weighted by molar-refractivity contribution is 5.75. The number of fused-ring (bicyclic) bond motifs is 1. The summed E-state index contributed by atoms with van der Waals surface area (Å²) in [5.41, 5.74) is 4.37. The summed E-state index contributed by atoms with van der Waals surface area (Å²) in [7, 11) is 0. The molecule has 0 saturated carbocycles. The van der Waals surface area contributed by atoms with Crippen LogP contribution in [0.5, 0.6) is 0 Å². The summed E-state index contributed by atoms with van der Waals surface area (Å²) in [6.45, 7) is 9.80. The predicted molar refractivity (Wildman–Crippen MR) is 139 cm³/mol. The number of nitrogens with zero attached hydrogens (tertiary/aromatic N) is 6. The quantitative estimate of drug-likeness (QED) is 0.443. The van der Waals surface area contributed by atoms with E-state index in [1.807, 2.05) is 25.4 Å². The molecule has 180 valence electrons. The zero-order valence-corrected chi connectivity index (χ0v) is 20.4. The Morgan fingerprint density at radius 3 is 2.63 bits per heavy atom. The van der Waals surface area contributed by atoms with Gasteiger partial charge in [0.2, 0.25) is 5.95 Å². The second-order valence-electron chi connectivity index (χ2n) is 9.50. The van der Waals surface area contributed by atoms with Gasteiger partial charge in [-0.05, 0) is 44.9 Å². The Kier molecular flexibility index (Phi) is 6.32. The Morgan fingerprint density at radius 1 is 1.14 bits per heavy atom. The summed E-state index contributed by atoms with van der Waals surface area (Å²) in [6.07, 6.45) is 15.3. The Balaban J connectivity index is 1.27. The molecule has 3 aromatic heterocycles. The summed E-state index contributed by atoms with van der Waals surface area (Å²) in [4.78, 5) is 22.8. The summed E-state index contributed by atoms with van der Waals surface area (Å²) < 4.78 is 14.7. The molecule has 7 heteroatoms. The Bertz CT molecular complexity index is 1230. The van der Waals surface area contributed by atoms with Gasteiger partial charge in [0.1, 0.15) is 5.67 Å². The van der Waals surface area contributed by atoms with E-state index in [-0.39, 0.29) is 6.42 Å². The maximum absolute atomic E-state index is 14.7. The van der Waals surface area contributed by atoms with Gasteiger partial charge < -0.3 is 9.80 Å². The number of rotatable bonds is 6. The minimum absolute atomic E-state index is 0.241. The number of halogens is 1. The molecule has 1 saturated heterocycles. The van der Waals surface area contributed by atoms with E-state index in [1.165, 1.54) is 11.3 Å². The molecule has 0 aliphatic carbocycles. The maximum Gasteiger partial charge on any atom is 0.225 e. The Morgan fingerprint density at radius 2 is 1.91 bits per heavy atom. The molecule has 0 N–H and O–H groups in total. The monoisotopic (exact) mass is 470 g/mol. The normalized spacial score (nSPS) is 17.7. The number of pyridine rings is 2. The highest BCUT2D eigenvalue weighted by atomic mass is 19.1. The first kappa shape index (κ1) is 23.1. The molecule has 1 unspecified atom stereocenters. The van der Waals surface area contributed by atoms with Gasteiger partial charge in [-0.25, -0.2) is 14.4 Å². The van der Waals surface area contributed by atoms with Crippen LogP contribution >= 0.6 is 0 Å². The number of hydrogen-bond acceptors (Lipinski definition) is 6. The first-order valence-electron chi connectivity index (χ1n) is 12.2. The second-order valence-corrected chi connectivity index (χ2v) is 9.50. The molecule has 0 amide bonds. The van der Waals surface area contributed by atoms with Crippen LogP contribution in [0.15, 0.2) is 61.7 Å². The van der Waals surface area contributed by atoms with Gasteiger partial charge in [0, 0.05) is 73.1 Å². The van der Waals surface area contributed by atoms with E-state index in [4.69, 9.17) is 4.98 Å². The SMILES string of the molecule is C=CCC(C)(F)c1cnc(N2CCC(N3CC=Cc4cc(-c5cccnc5C)ncc43)CC2)nc1. The number of hydrogen-bond donors (Lipinski definition) is 0. The highest BCUT2D eigenvalue weighted by Crippen LogP contribution is 2.34. The summed E-state index contributed by atoms with van der Waals surface area (Å²) in [6, 6.07) is 6.61. The third-order valence-corrected chi connectivity index (χ3v) is 7.06. The van der Waals surface area contributed by atoms with Crippen molar-refractivity contribution in [2.24, 2.45) is 0 Å². The standard InChI is InChI=1S/C28H31FN6/c1-4-11-28(3,29)22-17-32-27(33-18-22)34-14-9-23(10-15-34)35-13-6-7-21-16-25(31-19-26(21)35)24-8-5-12-30-20(24)2/h4-8,12,16-19,23H,1,9-11,13-15H2,2-3H3. The van der Waals surface area contributed by atoms with Gasteiger partial charge in [0.05, 0.1) is 17.6 Å².